The average Bonchev–Trinajstić information content (AvgIpc) is 2.87. The third-order valence-corrected chi connectivity index (χ3v) is 4.95. The normalized spacial score (nSPS) is 19.0. The summed E-state index contributed by atoms with van der Waals surface area (Å²) in [5.74, 6) is 5.57. The van der Waals surface area contributed by atoms with Crippen LogP contribution < -0.4 is 22.2 Å². The molecule has 6 nitrogen and oxygen atoms in total. The molecule has 0 radical (unpaired) electrons. The summed E-state index contributed by atoms with van der Waals surface area (Å²) < 4.78 is 0. The van der Waals surface area contributed by atoms with Gasteiger partial charge in [0.1, 0.15) is 5.71 Å². The highest BCUT2D eigenvalue weighted by Crippen LogP contribution is 2.33. The highest BCUT2D eigenvalue weighted by Gasteiger charge is 2.23. The van der Waals surface area contributed by atoms with Crippen LogP contribution in [-0.4, -0.2) is 25.5 Å². The van der Waals surface area contributed by atoms with Crippen LogP contribution in [-0.2, 0) is 0 Å². The number of hydrogen-bond donors (Lipinski definition) is 4. The summed E-state index contributed by atoms with van der Waals surface area (Å²) in [4.78, 5) is 4.05. The highest BCUT2D eigenvalue weighted by molar-refractivity contribution is 6.38. The zero-order chi connectivity index (χ0) is 20.1. The smallest absolute Gasteiger partial charge is 0.108 e. The Morgan fingerprint density at radius 1 is 1.25 bits per heavy atom. The van der Waals surface area contributed by atoms with Crippen molar-refractivity contribution in [2.24, 2.45) is 21.7 Å². The van der Waals surface area contributed by atoms with Gasteiger partial charge in [0.2, 0.25) is 0 Å². The van der Waals surface area contributed by atoms with E-state index in [1.807, 2.05) is 37.3 Å². The van der Waals surface area contributed by atoms with Crippen LogP contribution in [0.15, 0.2) is 58.3 Å². The number of nitrogens with two attached hydrogens (primary N) is 2. The van der Waals surface area contributed by atoms with Gasteiger partial charge in [-0.15, -0.1) is 0 Å². The zero-order valence-electron chi connectivity index (χ0n) is 16.0. The first-order valence-corrected chi connectivity index (χ1v) is 9.48. The lowest BCUT2D eigenvalue weighted by Crippen LogP contribution is -2.16. The number of benzene rings is 2. The molecule has 1 atom stereocenters. The molecule has 1 heterocycles. The first kappa shape index (κ1) is 19.8. The number of nitrogens with zero attached hydrogens (tertiary/aromatic N) is 2. The van der Waals surface area contributed by atoms with Crippen molar-refractivity contribution in [1.82, 2.24) is 5.32 Å². The molecule has 6 N–H and O–H groups in total. The molecule has 0 aromatic heterocycles. The number of allylic oxidation sites excluding steroid dienone is 1. The second kappa shape index (κ2) is 8.80. The van der Waals surface area contributed by atoms with Gasteiger partial charge >= 0.3 is 0 Å². The first-order chi connectivity index (χ1) is 13.5. The van der Waals surface area contributed by atoms with E-state index in [1.54, 1.807) is 13.3 Å². The van der Waals surface area contributed by atoms with Crippen LogP contribution in [0.4, 0.5) is 5.69 Å². The Kier molecular flexibility index (Phi) is 6.21. The average molecular weight is 397 g/mol. The van der Waals surface area contributed by atoms with Gasteiger partial charge in [0, 0.05) is 47.3 Å². The van der Waals surface area contributed by atoms with Crippen LogP contribution in [0.3, 0.4) is 0 Å². The number of halogens is 1. The fraction of sp³-hybridized carbons (Fsp3) is 0.238. The summed E-state index contributed by atoms with van der Waals surface area (Å²) in [6.07, 6.45) is 2.54. The standard InChI is InChI=1S/C21H25ClN6/c1-13(23)21-17-8-3-14(20(28-24)12-25-2)11-18(17)19(9-10-26-21)27-16-6-4-15(22)5-7-16/h3-8,11-12,19,26-27H,9-10,23-24H2,1-2H3/b21-13-,25-12?,28-20?. The van der Waals surface area contributed by atoms with Crippen LogP contribution in [0.5, 0.6) is 0 Å². The maximum Gasteiger partial charge on any atom is 0.108 e. The number of anilines is 1. The number of aliphatic imine (C=N–C) groups is 1. The molecule has 7 heteroatoms. The molecule has 146 valence electrons. The molecular formula is C21H25ClN6. The Morgan fingerprint density at radius 3 is 2.64 bits per heavy atom. The second-order valence-electron chi connectivity index (χ2n) is 6.68. The Bertz CT molecular complexity index is 926. The lowest BCUT2D eigenvalue weighted by Gasteiger charge is -2.21. The van der Waals surface area contributed by atoms with E-state index >= 15 is 0 Å². The minimum absolute atomic E-state index is 0.0815. The van der Waals surface area contributed by atoms with Crippen molar-refractivity contribution in [1.29, 1.82) is 0 Å². The lowest BCUT2D eigenvalue weighted by atomic mass is 9.93. The quantitative estimate of drug-likeness (QED) is 0.361. The van der Waals surface area contributed by atoms with Crippen LogP contribution in [0.1, 0.15) is 36.1 Å². The third kappa shape index (κ3) is 4.28. The van der Waals surface area contributed by atoms with Gasteiger partial charge in [-0.05, 0) is 49.2 Å². The van der Waals surface area contributed by atoms with Crippen molar-refractivity contribution in [2.75, 3.05) is 18.9 Å². The van der Waals surface area contributed by atoms with Crippen LogP contribution >= 0.6 is 11.6 Å². The van der Waals surface area contributed by atoms with Gasteiger partial charge < -0.3 is 22.2 Å². The molecule has 0 bridgehead atoms. The molecule has 28 heavy (non-hydrogen) atoms. The molecule has 2 aromatic rings. The van der Waals surface area contributed by atoms with Gasteiger partial charge in [0.05, 0.1) is 11.7 Å². The highest BCUT2D eigenvalue weighted by atomic mass is 35.5. The van der Waals surface area contributed by atoms with Crippen molar-refractivity contribution >= 4 is 34.9 Å². The van der Waals surface area contributed by atoms with E-state index in [-0.39, 0.29) is 6.04 Å². The van der Waals surface area contributed by atoms with E-state index in [9.17, 15) is 0 Å². The summed E-state index contributed by atoms with van der Waals surface area (Å²) in [6, 6.07) is 13.9. The molecule has 0 aliphatic carbocycles. The number of nitrogens with one attached hydrogen (secondary N) is 2. The van der Waals surface area contributed by atoms with E-state index in [0.29, 0.717) is 10.7 Å². The largest absolute Gasteiger partial charge is 0.401 e. The summed E-state index contributed by atoms with van der Waals surface area (Å²) in [5, 5.41) is 11.7. The van der Waals surface area contributed by atoms with Gasteiger partial charge in [-0.1, -0.05) is 23.7 Å². The predicted molar refractivity (Wildman–Crippen MR) is 119 cm³/mol. The van der Waals surface area contributed by atoms with E-state index < -0.39 is 0 Å². The lowest BCUT2D eigenvalue weighted by molar-refractivity contribution is 0.682. The van der Waals surface area contributed by atoms with E-state index in [0.717, 1.165) is 46.7 Å². The number of hydrazone groups is 1. The molecule has 0 saturated carbocycles. The van der Waals surface area contributed by atoms with Crippen LogP contribution in [0.25, 0.3) is 5.70 Å². The molecule has 0 amide bonds. The van der Waals surface area contributed by atoms with Crippen molar-refractivity contribution in [3.8, 4) is 0 Å². The third-order valence-electron chi connectivity index (χ3n) is 4.70. The van der Waals surface area contributed by atoms with E-state index in [4.69, 9.17) is 23.2 Å². The number of rotatable bonds is 4. The van der Waals surface area contributed by atoms with Crippen molar-refractivity contribution in [3.63, 3.8) is 0 Å². The topological polar surface area (TPSA) is 101 Å². The zero-order valence-corrected chi connectivity index (χ0v) is 16.8. The minimum atomic E-state index is 0.0815. The summed E-state index contributed by atoms with van der Waals surface area (Å²) >= 11 is 6.02. The number of fused-ring (bicyclic) bond motifs is 1. The molecule has 1 unspecified atom stereocenters. The summed E-state index contributed by atoms with van der Waals surface area (Å²) in [7, 11) is 1.70. The SMILES string of the molecule is CN=CC(=NN)c1ccc2c(c1)C(Nc1ccc(Cl)cc1)CCN/C2=C(/C)N. The summed E-state index contributed by atoms with van der Waals surface area (Å²) in [5.41, 5.74) is 12.6. The Hall–Kier alpha value is -2.99. The maximum atomic E-state index is 6.15. The predicted octanol–water partition coefficient (Wildman–Crippen LogP) is 3.50. The molecule has 0 fully saturated rings. The maximum absolute atomic E-state index is 6.15. The monoisotopic (exact) mass is 396 g/mol. The fourth-order valence-electron chi connectivity index (χ4n) is 3.38. The van der Waals surface area contributed by atoms with E-state index in [1.165, 1.54) is 0 Å². The molecule has 1 aliphatic rings. The molecule has 0 spiro atoms. The Labute approximate surface area is 170 Å². The van der Waals surface area contributed by atoms with Gasteiger partial charge in [-0.3, -0.25) is 4.99 Å². The Balaban J connectivity index is 2.09. The molecule has 1 aliphatic heterocycles. The van der Waals surface area contributed by atoms with Crippen molar-refractivity contribution in [3.05, 3.63) is 69.9 Å². The van der Waals surface area contributed by atoms with Gasteiger partial charge in [0.25, 0.3) is 0 Å². The Morgan fingerprint density at radius 2 is 2.00 bits per heavy atom. The first-order valence-electron chi connectivity index (χ1n) is 9.10. The fourth-order valence-corrected chi connectivity index (χ4v) is 3.51. The van der Waals surface area contributed by atoms with Gasteiger partial charge in [0.15, 0.2) is 0 Å². The molecule has 2 aromatic carbocycles. The van der Waals surface area contributed by atoms with Crippen molar-refractivity contribution in [2.45, 2.75) is 19.4 Å². The minimum Gasteiger partial charge on any atom is -0.401 e. The molecule has 3 rings (SSSR count). The summed E-state index contributed by atoms with van der Waals surface area (Å²) in [6.45, 7) is 2.71. The second-order valence-corrected chi connectivity index (χ2v) is 7.12. The molecule has 0 saturated heterocycles. The van der Waals surface area contributed by atoms with Crippen LogP contribution in [0.2, 0.25) is 5.02 Å². The van der Waals surface area contributed by atoms with Crippen molar-refractivity contribution < 1.29 is 0 Å². The van der Waals surface area contributed by atoms with E-state index in [2.05, 4.69) is 32.9 Å². The number of hydrogen-bond acceptors (Lipinski definition) is 6. The van der Waals surface area contributed by atoms with Crippen LogP contribution in [0, 0.1) is 0 Å². The van der Waals surface area contributed by atoms with Gasteiger partial charge in [-0.25, -0.2) is 0 Å². The molecular weight excluding hydrogens is 372 g/mol. The van der Waals surface area contributed by atoms with Gasteiger partial charge in [-0.2, -0.15) is 5.10 Å².